The van der Waals surface area contributed by atoms with Crippen LogP contribution in [-0.4, -0.2) is 24.0 Å². The van der Waals surface area contributed by atoms with Crippen LogP contribution < -0.4 is 10.6 Å². The van der Waals surface area contributed by atoms with E-state index in [0.717, 1.165) is 24.1 Å². The molecule has 3 heterocycles. The third-order valence-corrected chi connectivity index (χ3v) is 6.26. The first kappa shape index (κ1) is 15.3. The molecular weight excluding hydrogens is 304 g/mol. The Morgan fingerprint density at radius 3 is 2.62 bits per heavy atom. The third kappa shape index (κ3) is 3.13. The highest BCUT2D eigenvalue weighted by Gasteiger charge is 2.34. The number of nitrogens with one attached hydrogen (secondary N) is 2. The number of halogens is 1. The van der Waals surface area contributed by atoms with Crippen LogP contribution in [0.2, 0.25) is 0 Å². The SMILES string of the molecule is Cl.O=C(NC1CC2CCC(C1)N2)c1cc2c(s1)CCCC2. The molecule has 0 aromatic carbocycles. The number of aryl methyl sites for hydroxylation is 2. The highest BCUT2D eigenvalue weighted by Crippen LogP contribution is 2.31. The van der Waals surface area contributed by atoms with Gasteiger partial charge >= 0.3 is 0 Å². The number of piperidine rings is 1. The topological polar surface area (TPSA) is 41.1 Å². The summed E-state index contributed by atoms with van der Waals surface area (Å²) >= 11 is 1.72. The molecule has 2 bridgehead atoms. The maximum Gasteiger partial charge on any atom is 0.261 e. The average Bonchev–Trinajstić information content (AvgIpc) is 3.02. The molecule has 1 aromatic rings. The Morgan fingerprint density at radius 1 is 1.19 bits per heavy atom. The molecule has 5 heteroatoms. The molecule has 0 spiro atoms. The number of hydrogen-bond donors (Lipinski definition) is 2. The number of rotatable bonds is 2. The predicted molar refractivity (Wildman–Crippen MR) is 88.6 cm³/mol. The van der Waals surface area contributed by atoms with E-state index in [1.165, 1.54) is 42.5 Å². The minimum atomic E-state index is 0. The van der Waals surface area contributed by atoms with Crippen molar-refractivity contribution in [2.24, 2.45) is 0 Å². The standard InChI is InChI=1S/C16H22N2OS.ClH/c19-16(15-7-10-3-1-2-4-14(10)20-15)18-13-8-11-5-6-12(9-13)17-11;/h7,11-13,17H,1-6,8-9H2,(H,18,19);1H. The number of thiophene rings is 1. The molecule has 2 fully saturated rings. The summed E-state index contributed by atoms with van der Waals surface area (Å²) in [6.45, 7) is 0. The van der Waals surface area contributed by atoms with Crippen LogP contribution in [0.1, 0.15) is 58.6 Å². The van der Waals surface area contributed by atoms with Crippen LogP contribution >= 0.6 is 23.7 Å². The lowest BCUT2D eigenvalue weighted by atomic mass is 9.98. The van der Waals surface area contributed by atoms with Crippen LogP contribution in [0.5, 0.6) is 0 Å². The molecule has 2 atom stereocenters. The van der Waals surface area contributed by atoms with Crippen LogP contribution in [-0.2, 0) is 12.8 Å². The van der Waals surface area contributed by atoms with Crippen LogP contribution in [0.15, 0.2) is 6.07 Å². The number of hydrogen-bond acceptors (Lipinski definition) is 3. The molecule has 1 aliphatic carbocycles. The lowest BCUT2D eigenvalue weighted by molar-refractivity contribution is 0.0928. The largest absolute Gasteiger partial charge is 0.348 e. The van der Waals surface area contributed by atoms with E-state index in [-0.39, 0.29) is 18.3 Å². The summed E-state index contributed by atoms with van der Waals surface area (Å²) in [5.41, 5.74) is 1.43. The minimum Gasteiger partial charge on any atom is -0.348 e. The first-order valence-electron chi connectivity index (χ1n) is 7.96. The summed E-state index contributed by atoms with van der Waals surface area (Å²) in [7, 11) is 0. The molecule has 4 rings (SSSR count). The summed E-state index contributed by atoms with van der Waals surface area (Å²) in [6, 6.07) is 3.79. The van der Waals surface area contributed by atoms with Crippen LogP contribution in [0.4, 0.5) is 0 Å². The molecule has 1 aromatic heterocycles. The fourth-order valence-corrected chi connectivity index (χ4v) is 5.19. The van der Waals surface area contributed by atoms with Gasteiger partial charge in [-0.15, -0.1) is 23.7 Å². The molecule has 3 nitrogen and oxygen atoms in total. The van der Waals surface area contributed by atoms with E-state index in [0.29, 0.717) is 18.1 Å². The molecular formula is C16H23ClN2OS. The smallest absolute Gasteiger partial charge is 0.261 e. The monoisotopic (exact) mass is 326 g/mol. The van der Waals surface area contributed by atoms with Crippen molar-refractivity contribution >= 4 is 29.7 Å². The lowest BCUT2D eigenvalue weighted by Crippen LogP contribution is -2.47. The van der Waals surface area contributed by atoms with Crippen molar-refractivity contribution in [2.75, 3.05) is 0 Å². The van der Waals surface area contributed by atoms with E-state index in [4.69, 9.17) is 0 Å². The van der Waals surface area contributed by atoms with E-state index in [1.54, 1.807) is 11.3 Å². The zero-order chi connectivity index (χ0) is 13.5. The summed E-state index contributed by atoms with van der Waals surface area (Å²) in [5.74, 6) is 0.163. The fourth-order valence-electron chi connectivity index (χ4n) is 4.03. The molecule has 1 amide bonds. The van der Waals surface area contributed by atoms with Gasteiger partial charge in [0, 0.05) is 23.0 Å². The predicted octanol–water partition coefficient (Wildman–Crippen LogP) is 3.06. The van der Waals surface area contributed by atoms with E-state index in [2.05, 4.69) is 16.7 Å². The van der Waals surface area contributed by atoms with Crippen molar-refractivity contribution in [1.82, 2.24) is 10.6 Å². The Bertz CT molecular complexity index is 495. The quantitative estimate of drug-likeness (QED) is 0.877. The highest BCUT2D eigenvalue weighted by atomic mass is 35.5. The van der Waals surface area contributed by atoms with Gasteiger partial charge in [0.2, 0.25) is 0 Å². The van der Waals surface area contributed by atoms with E-state index in [9.17, 15) is 4.79 Å². The molecule has 2 saturated heterocycles. The zero-order valence-electron chi connectivity index (χ0n) is 12.2. The van der Waals surface area contributed by atoms with Gasteiger partial charge in [-0.25, -0.2) is 0 Å². The van der Waals surface area contributed by atoms with Crippen molar-refractivity contribution in [2.45, 2.75) is 69.5 Å². The summed E-state index contributed by atoms with van der Waals surface area (Å²) < 4.78 is 0. The first-order valence-corrected chi connectivity index (χ1v) is 8.78. The molecule has 2 unspecified atom stereocenters. The number of fused-ring (bicyclic) bond motifs is 3. The minimum absolute atomic E-state index is 0. The van der Waals surface area contributed by atoms with Crippen LogP contribution in [0.3, 0.4) is 0 Å². The summed E-state index contributed by atoms with van der Waals surface area (Å²) in [4.78, 5) is 14.8. The van der Waals surface area contributed by atoms with Crippen LogP contribution in [0.25, 0.3) is 0 Å². The molecule has 2 N–H and O–H groups in total. The first-order chi connectivity index (χ1) is 9.78. The lowest BCUT2D eigenvalue weighted by Gasteiger charge is -2.29. The van der Waals surface area contributed by atoms with Crippen molar-refractivity contribution in [1.29, 1.82) is 0 Å². The molecule has 0 saturated carbocycles. The molecule has 2 aliphatic heterocycles. The van der Waals surface area contributed by atoms with Gasteiger partial charge in [0.05, 0.1) is 4.88 Å². The van der Waals surface area contributed by atoms with Gasteiger partial charge in [-0.2, -0.15) is 0 Å². The maximum atomic E-state index is 12.4. The summed E-state index contributed by atoms with van der Waals surface area (Å²) in [6.07, 6.45) is 9.67. The second-order valence-electron chi connectivity index (χ2n) is 6.55. The Kier molecular flexibility index (Phi) is 4.57. The second kappa shape index (κ2) is 6.27. The van der Waals surface area contributed by atoms with Gasteiger partial charge in [0.25, 0.3) is 5.91 Å². The number of amides is 1. The number of carbonyl (C=O) groups is 1. The third-order valence-electron chi connectivity index (χ3n) is 5.03. The van der Waals surface area contributed by atoms with Gasteiger partial charge in [-0.05, 0) is 63.0 Å². The normalized spacial score (nSPS) is 30.4. The van der Waals surface area contributed by atoms with Crippen molar-refractivity contribution < 1.29 is 4.79 Å². The van der Waals surface area contributed by atoms with Crippen molar-refractivity contribution in [3.05, 3.63) is 21.4 Å². The van der Waals surface area contributed by atoms with Crippen molar-refractivity contribution in [3.63, 3.8) is 0 Å². The van der Waals surface area contributed by atoms with Gasteiger partial charge in [0.1, 0.15) is 0 Å². The Labute approximate surface area is 136 Å². The molecule has 0 radical (unpaired) electrons. The van der Waals surface area contributed by atoms with E-state index < -0.39 is 0 Å². The van der Waals surface area contributed by atoms with E-state index in [1.807, 2.05) is 0 Å². The zero-order valence-corrected chi connectivity index (χ0v) is 13.8. The fraction of sp³-hybridized carbons (Fsp3) is 0.688. The average molecular weight is 327 g/mol. The Balaban J connectivity index is 0.00000132. The van der Waals surface area contributed by atoms with Gasteiger partial charge in [0.15, 0.2) is 0 Å². The molecule has 116 valence electrons. The number of carbonyl (C=O) groups excluding carboxylic acids is 1. The van der Waals surface area contributed by atoms with Crippen molar-refractivity contribution in [3.8, 4) is 0 Å². The molecule has 3 aliphatic rings. The Hall–Kier alpha value is -0.580. The maximum absolute atomic E-state index is 12.4. The summed E-state index contributed by atoms with van der Waals surface area (Å²) in [5, 5.41) is 6.90. The van der Waals surface area contributed by atoms with Gasteiger partial charge < -0.3 is 10.6 Å². The highest BCUT2D eigenvalue weighted by molar-refractivity contribution is 7.14. The second-order valence-corrected chi connectivity index (χ2v) is 7.68. The molecule has 21 heavy (non-hydrogen) atoms. The van der Waals surface area contributed by atoms with E-state index >= 15 is 0 Å². The van der Waals surface area contributed by atoms with Gasteiger partial charge in [-0.1, -0.05) is 0 Å². The van der Waals surface area contributed by atoms with Gasteiger partial charge in [-0.3, -0.25) is 4.79 Å². The van der Waals surface area contributed by atoms with Crippen LogP contribution in [0, 0.1) is 0 Å². The Morgan fingerprint density at radius 2 is 1.90 bits per heavy atom.